The summed E-state index contributed by atoms with van der Waals surface area (Å²) in [6.45, 7) is 8.57. The second-order valence-corrected chi connectivity index (χ2v) is 7.40. The molecule has 0 fully saturated rings. The van der Waals surface area contributed by atoms with Crippen LogP contribution in [0.2, 0.25) is 0 Å². The Morgan fingerprint density at radius 1 is 1.12 bits per heavy atom. The van der Waals surface area contributed by atoms with Crippen LogP contribution in [0.5, 0.6) is 5.75 Å². The van der Waals surface area contributed by atoms with Gasteiger partial charge in [-0.15, -0.1) is 0 Å². The highest BCUT2D eigenvalue weighted by Gasteiger charge is 2.15. The van der Waals surface area contributed by atoms with E-state index in [1.807, 2.05) is 43.8 Å². The van der Waals surface area contributed by atoms with E-state index in [4.69, 9.17) is 4.74 Å². The molecule has 0 aliphatic heterocycles. The topological polar surface area (TPSA) is 38.3 Å². The molecular formula is C21H27NO2S. The second-order valence-electron chi connectivity index (χ2n) is 6.30. The Morgan fingerprint density at radius 3 is 2.64 bits per heavy atom. The largest absolute Gasteiger partial charge is 0.481 e. The predicted molar refractivity (Wildman–Crippen MR) is 106 cm³/mol. The molecule has 0 spiro atoms. The zero-order chi connectivity index (χ0) is 18.2. The summed E-state index contributed by atoms with van der Waals surface area (Å²) < 4.78 is 5.81. The lowest BCUT2D eigenvalue weighted by Crippen LogP contribution is -2.37. The lowest BCUT2D eigenvalue weighted by molar-refractivity contribution is -0.127. The van der Waals surface area contributed by atoms with Gasteiger partial charge in [-0.1, -0.05) is 36.4 Å². The lowest BCUT2D eigenvalue weighted by Gasteiger charge is -2.16. The summed E-state index contributed by atoms with van der Waals surface area (Å²) in [6.07, 6.45) is -0.498. The smallest absolute Gasteiger partial charge is 0.260 e. The van der Waals surface area contributed by atoms with Crippen LogP contribution in [0.15, 0.2) is 42.5 Å². The molecule has 0 bridgehead atoms. The van der Waals surface area contributed by atoms with Crippen LogP contribution >= 0.6 is 11.8 Å². The van der Waals surface area contributed by atoms with E-state index in [1.165, 1.54) is 11.1 Å². The number of hydrogen-bond donors (Lipinski definition) is 1. The van der Waals surface area contributed by atoms with Crippen molar-refractivity contribution in [3.8, 4) is 5.75 Å². The first-order chi connectivity index (χ1) is 12.0. The van der Waals surface area contributed by atoms with E-state index >= 15 is 0 Å². The van der Waals surface area contributed by atoms with Crippen molar-refractivity contribution in [2.45, 2.75) is 39.6 Å². The van der Waals surface area contributed by atoms with Gasteiger partial charge in [0.1, 0.15) is 5.75 Å². The molecule has 0 aromatic heterocycles. The summed E-state index contributed by atoms with van der Waals surface area (Å²) in [7, 11) is 0. The van der Waals surface area contributed by atoms with E-state index < -0.39 is 6.10 Å². The monoisotopic (exact) mass is 357 g/mol. The summed E-state index contributed by atoms with van der Waals surface area (Å²) in [5.74, 6) is 2.56. The van der Waals surface area contributed by atoms with Crippen molar-refractivity contribution in [1.29, 1.82) is 0 Å². The third kappa shape index (κ3) is 6.13. The molecule has 0 unspecified atom stereocenters. The van der Waals surface area contributed by atoms with Gasteiger partial charge in [0.2, 0.25) is 0 Å². The van der Waals surface area contributed by atoms with Crippen molar-refractivity contribution in [2.24, 2.45) is 0 Å². The molecule has 4 heteroatoms. The van der Waals surface area contributed by atoms with Gasteiger partial charge >= 0.3 is 0 Å². The van der Waals surface area contributed by atoms with Crippen LogP contribution in [-0.2, 0) is 10.5 Å². The number of thioether (sulfide) groups is 1. The van der Waals surface area contributed by atoms with Crippen molar-refractivity contribution in [1.82, 2.24) is 5.32 Å². The van der Waals surface area contributed by atoms with Gasteiger partial charge in [0.05, 0.1) is 0 Å². The average Bonchev–Trinajstić information content (AvgIpc) is 2.59. The fourth-order valence-electron chi connectivity index (χ4n) is 2.42. The number of aryl methyl sites for hydroxylation is 3. The Kier molecular flexibility index (Phi) is 7.38. The number of rotatable bonds is 8. The maximum Gasteiger partial charge on any atom is 0.260 e. The van der Waals surface area contributed by atoms with Crippen molar-refractivity contribution < 1.29 is 9.53 Å². The van der Waals surface area contributed by atoms with Crippen molar-refractivity contribution in [3.63, 3.8) is 0 Å². The minimum absolute atomic E-state index is 0.0719. The molecule has 0 heterocycles. The molecule has 0 aliphatic carbocycles. The number of amides is 1. The summed E-state index contributed by atoms with van der Waals surface area (Å²) in [4.78, 5) is 12.2. The summed E-state index contributed by atoms with van der Waals surface area (Å²) >= 11 is 1.83. The first-order valence-electron chi connectivity index (χ1n) is 8.61. The van der Waals surface area contributed by atoms with E-state index in [1.54, 1.807) is 6.92 Å². The molecular weight excluding hydrogens is 330 g/mol. The fourth-order valence-corrected chi connectivity index (χ4v) is 3.36. The van der Waals surface area contributed by atoms with Gasteiger partial charge in [0.15, 0.2) is 6.10 Å². The zero-order valence-electron chi connectivity index (χ0n) is 15.5. The summed E-state index contributed by atoms with van der Waals surface area (Å²) in [6, 6.07) is 14.4. The molecule has 2 aromatic carbocycles. The van der Waals surface area contributed by atoms with E-state index in [0.717, 1.165) is 28.4 Å². The number of hydrogen-bond acceptors (Lipinski definition) is 3. The molecule has 2 aromatic rings. The van der Waals surface area contributed by atoms with Crippen LogP contribution in [0.3, 0.4) is 0 Å². The first-order valence-corrected chi connectivity index (χ1v) is 9.76. The van der Waals surface area contributed by atoms with Crippen molar-refractivity contribution >= 4 is 17.7 Å². The maximum absolute atomic E-state index is 12.2. The van der Waals surface area contributed by atoms with Crippen molar-refractivity contribution in [3.05, 3.63) is 64.7 Å². The SMILES string of the molecule is Cc1ccc(C)c(O[C@@H](C)C(=O)NCCSCc2ccccc2C)c1. The molecule has 1 amide bonds. The fraction of sp³-hybridized carbons (Fsp3) is 0.381. The average molecular weight is 358 g/mol. The second kappa shape index (κ2) is 9.52. The van der Waals surface area contributed by atoms with Gasteiger partial charge in [-0.3, -0.25) is 4.79 Å². The van der Waals surface area contributed by atoms with Crippen LogP contribution in [-0.4, -0.2) is 24.3 Å². The number of carbonyl (C=O) groups excluding carboxylic acids is 1. The zero-order valence-corrected chi connectivity index (χ0v) is 16.3. The number of nitrogens with one attached hydrogen (secondary N) is 1. The van der Waals surface area contributed by atoms with Gasteiger partial charge in [0.25, 0.3) is 5.91 Å². The molecule has 0 saturated carbocycles. The van der Waals surface area contributed by atoms with E-state index in [9.17, 15) is 4.79 Å². The first kappa shape index (κ1) is 19.4. The Labute approximate surface area is 155 Å². The summed E-state index contributed by atoms with van der Waals surface area (Å²) in [5, 5.41) is 2.95. The maximum atomic E-state index is 12.2. The van der Waals surface area contributed by atoms with Gasteiger partial charge in [0, 0.05) is 18.1 Å². The van der Waals surface area contributed by atoms with Crippen LogP contribution < -0.4 is 10.1 Å². The Balaban J connectivity index is 1.71. The minimum Gasteiger partial charge on any atom is -0.481 e. The van der Waals surface area contributed by atoms with Gasteiger partial charge in [-0.05, 0) is 56.0 Å². The Hall–Kier alpha value is -1.94. The molecule has 134 valence electrons. The quantitative estimate of drug-likeness (QED) is 0.710. The number of ether oxygens (including phenoxy) is 1. The standard InChI is InChI=1S/C21H27NO2S/c1-15-9-10-17(3)20(13-15)24-18(4)21(23)22-11-12-25-14-19-8-6-5-7-16(19)2/h5-10,13,18H,11-12,14H2,1-4H3,(H,22,23)/t18-/m0/s1. The highest BCUT2D eigenvalue weighted by Crippen LogP contribution is 2.20. The van der Waals surface area contributed by atoms with E-state index in [0.29, 0.717) is 6.54 Å². The highest BCUT2D eigenvalue weighted by atomic mass is 32.2. The van der Waals surface area contributed by atoms with Crippen molar-refractivity contribution in [2.75, 3.05) is 12.3 Å². The molecule has 3 nitrogen and oxygen atoms in total. The van der Waals surface area contributed by atoms with Gasteiger partial charge in [-0.2, -0.15) is 11.8 Å². The molecule has 2 rings (SSSR count). The Morgan fingerprint density at radius 2 is 1.88 bits per heavy atom. The molecule has 0 saturated heterocycles. The number of carbonyl (C=O) groups is 1. The third-order valence-corrected chi connectivity index (χ3v) is 5.09. The molecule has 0 radical (unpaired) electrons. The molecule has 0 aliphatic rings. The highest BCUT2D eigenvalue weighted by molar-refractivity contribution is 7.98. The Bertz CT molecular complexity index is 715. The van der Waals surface area contributed by atoms with Gasteiger partial charge < -0.3 is 10.1 Å². The normalized spacial score (nSPS) is 11.8. The summed E-state index contributed by atoms with van der Waals surface area (Å²) in [5.41, 5.74) is 4.83. The van der Waals surface area contributed by atoms with Gasteiger partial charge in [-0.25, -0.2) is 0 Å². The molecule has 1 atom stereocenters. The van der Waals surface area contributed by atoms with Crippen LogP contribution in [0.25, 0.3) is 0 Å². The van der Waals surface area contributed by atoms with E-state index in [2.05, 4.69) is 36.5 Å². The minimum atomic E-state index is -0.498. The van der Waals surface area contributed by atoms with Crippen LogP contribution in [0.1, 0.15) is 29.2 Å². The molecule has 1 N–H and O–H groups in total. The third-order valence-electron chi connectivity index (χ3n) is 4.08. The lowest BCUT2D eigenvalue weighted by atomic mass is 10.1. The van der Waals surface area contributed by atoms with Crippen LogP contribution in [0.4, 0.5) is 0 Å². The molecule has 25 heavy (non-hydrogen) atoms. The predicted octanol–water partition coefficient (Wildman–Crippen LogP) is 4.43. The van der Waals surface area contributed by atoms with Crippen LogP contribution in [0, 0.1) is 20.8 Å². The number of benzene rings is 2. The van der Waals surface area contributed by atoms with E-state index in [-0.39, 0.29) is 5.91 Å².